The standard InChI is InChI=1S/C15H27NO10/c1-5(19)15(7(3-17)10(21)13(15)24)26-14-9(16-6(2)20)12(23)11(22)8(4-18)25-14/h5,7-14,17-19,21-24H,3-4H2,1-2H3,(H,16,20). The topological polar surface area (TPSA) is 189 Å². The highest BCUT2D eigenvalue weighted by molar-refractivity contribution is 5.73. The average molecular weight is 381 g/mol. The number of hydrogen-bond acceptors (Lipinski definition) is 10. The molecule has 1 aliphatic carbocycles. The Balaban J connectivity index is 2.33. The van der Waals surface area contributed by atoms with E-state index in [0.717, 1.165) is 6.92 Å². The van der Waals surface area contributed by atoms with Gasteiger partial charge in [-0.1, -0.05) is 0 Å². The van der Waals surface area contributed by atoms with Crippen molar-refractivity contribution in [3.8, 4) is 0 Å². The first-order valence-corrected chi connectivity index (χ1v) is 8.34. The van der Waals surface area contributed by atoms with Crippen molar-refractivity contribution in [2.75, 3.05) is 13.2 Å². The van der Waals surface area contributed by atoms with Crippen LogP contribution in [0.1, 0.15) is 13.8 Å². The Bertz CT molecular complexity index is 505. The van der Waals surface area contributed by atoms with Crippen molar-refractivity contribution in [2.45, 2.75) is 68.4 Å². The van der Waals surface area contributed by atoms with E-state index in [0.29, 0.717) is 0 Å². The van der Waals surface area contributed by atoms with Crippen LogP contribution in [0.2, 0.25) is 0 Å². The summed E-state index contributed by atoms with van der Waals surface area (Å²) in [5, 5.41) is 71.6. The van der Waals surface area contributed by atoms with Crippen LogP contribution in [0.25, 0.3) is 0 Å². The van der Waals surface area contributed by atoms with Crippen LogP contribution in [0.5, 0.6) is 0 Å². The highest BCUT2D eigenvalue weighted by Crippen LogP contribution is 2.46. The highest BCUT2D eigenvalue weighted by atomic mass is 16.7. The second-order valence-corrected chi connectivity index (χ2v) is 6.80. The Morgan fingerprint density at radius 1 is 1.15 bits per heavy atom. The Hall–Kier alpha value is -0.890. The van der Waals surface area contributed by atoms with Crippen molar-refractivity contribution in [3.63, 3.8) is 0 Å². The van der Waals surface area contributed by atoms with Gasteiger partial charge in [0.1, 0.15) is 36.1 Å². The van der Waals surface area contributed by atoms with Crippen molar-refractivity contribution in [2.24, 2.45) is 5.92 Å². The molecule has 1 saturated heterocycles. The highest BCUT2D eigenvalue weighted by Gasteiger charge is 2.67. The number of amides is 1. The maximum atomic E-state index is 11.4. The fourth-order valence-corrected chi connectivity index (χ4v) is 3.69. The molecule has 10 unspecified atom stereocenters. The number of rotatable bonds is 6. The zero-order valence-electron chi connectivity index (χ0n) is 14.5. The van der Waals surface area contributed by atoms with Crippen LogP contribution in [-0.4, -0.2) is 109 Å². The lowest BCUT2D eigenvalue weighted by atomic mass is 9.61. The zero-order valence-corrected chi connectivity index (χ0v) is 14.5. The molecule has 0 aromatic rings. The van der Waals surface area contributed by atoms with Crippen LogP contribution in [-0.2, 0) is 14.3 Å². The quantitative estimate of drug-likeness (QED) is 0.222. The Morgan fingerprint density at radius 3 is 2.23 bits per heavy atom. The van der Waals surface area contributed by atoms with Crippen molar-refractivity contribution >= 4 is 5.91 Å². The molecule has 1 heterocycles. The molecule has 0 bridgehead atoms. The van der Waals surface area contributed by atoms with Gasteiger partial charge < -0.3 is 50.5 Å². The third-order valence-corrected chi connectivity index (χ3v) is 5.20. The van der Waals surface area contributed by atoms with Gasteiger partial charge in [-0.2, -0.15) is 0 Å². The van der Waals surface area contributed by atoms with Gasteiger partial charge in [-0.25, -0.2) is 0 Å². The van der Waals surface area contributed by atoms with Crippen molar-refractivity contribution < 1.29 is 50.0 Å². The monoisotopic (exact) mass is 381 g/mol. The maximum Gasteiger partial charge on any atom is 0.217 e. The fraction of sp³-hybridized carbons (Fsp3) is 0.933. The van der Waals surface area contributed by atoms with Crippen LogP contribution >= 0.6 is 0 Å². The first-order valence-electron chi connectivity index (χ1n) is 8.34. The average Bonchev–Trinajstić information content (AvgIpc) is 2.59. The predicted molar refractivity (Wildman–Crippen MR) is 83.5 cm³/mol. The molecule has 152 valence electrons. The molecule has 2 fully saturated rings. The molecule has 2 rings (SSSR count). The van der Waals surface area contributed by atoms with E-state index in [1.165, 1.54) is 6.92 Å². The van der Waals surface area contributed by atoms with E-state index in [1.54, 1.807) is 0 Å². The first kappa shape index (κ1) is 21.4. The summed E-state index contributed by atoms with van der Waals surface area (Å²) in [6.07, 6.45) is -10.1. The number of aliphatic hydroxyl groups is 7. The fourth-order valence-electron chi connectivity index (χ4n) is 3.69. The minimum Gasteiger partial charge on any atom is -0.396 e. The molecule has 1 saturated carbocycles. The summed E-state index contributed by atoms with van der Waals surface area (Å²) in [6.45, 7) is 1.16. The first-order chi connectivity index (χ1) is 12.1. The van der Waals surface area contributed by atoms with E-state index in [1.807, 2.05) is 0 Å². The molecular weight excluding hydrogens is 354 g/mol. The zero-order chi connectivity index (χ0) is 19.8. The summed E-state index contributed by atoms with van der Waals surface area (Å²) in [5.74, 6) is -1.63. The number of carbonyl (C=O) groups is 1. The SMILES string of the molecule is CC(=O)NC1C(OC2(C(C)O)C(O)C(O)C2CO)OC(CO)C(O)C1O. The van der Waals surface area contributed by atoms with Crippen LogP contribution in [0.15, 0.2) is 0 Å². The molecule has 1 amide bonds. The minimum absolute atomic E-state index is 0.570. The number of nitrogens with one attached hydrogen (secondary N) is 1. The molecule has 1 aliphatic heterocycles. The van der Waals surface area contributed by atoms with Gasteiger partial charge in [-0.05, 0) is 6.92 Å². The molecular formula is C15H27NO10. The van der Waals surface area contributed by atoms with Gasteiger partial charge in [-0.15, -0.1) is 0 Å². The molecule has 11 heteroatoms. The predicted octanol–water partition coefficient (Wildman–Crippen LogP) is -4.59. The molecule has 0 aromatic carbocycles. The molecule has 10 atom stereocenters. The van der Waals surface area contributed by atoms with E-state index in [2.05, 4.69) is 5.32 Å². The lowest BCUT2D eigenvalue weighted by Gasteiger charge is -2.59. The Morgan fingerprint density at radius 2 is 1.77 bits per heavy atom. The number of carbonyl (C=O) groups excluding carboxylic acids is 1. The number of aliphatic hydroxyl groups excluding tert-OH is 7. The van der Waals surface area contributed by atoms with Crippen molar-refractivity contribution in [1.82, 2.24) is 5.32 Å². The maximum absolute atomic E-state index is 11.4. The van der Waals surface area contributed by atoms with Gasteiger partial charge in [-0.3, -0.25) is 4.79 Å². The normalized spacial score (nSPS) is 47.1. The summed E-state index contributed by atoms with van der Waals surface area (Å²) < 4.78 is 11.1. The van der Waals surface area contributed by atoms with E-state index < -0.39 is 79.6 Å². The molecule has 0 spiro atoms. The second-order valence-electron chi connectivity index (χ2n) is 6.80. The Kier molecular flexibility index (Phi) is 6.59. The van der Waals surface area contributed by atoms with E-state index in [9.17, 15) is 40.5 Å². The summed E-state index contributed by atoms with van der Waals surface area (Å²) in [6, 6.07) is -1.29. The summed E-state index contributed by atoms with van der Waals surface area (Å²) in [5.41, 5.74) is -1.84. The van der Waals surface area contributed by atoms with Crippen LogP contribution in [0.3, 0.4) is 0 Å². The molecule has 8 N–H and O–H groups in total. The van der Waals surface area contributed by atoms with E-state index in [-0.39, 0.29) is 0 Å². The summed E-state index contributed by atoms with van der Waals surface area (Å²) >= 11 is 0. The minimum atomic E-state index is -1.84. The molecule has 0 aromatic heterocycles. The van der Waals surface area contributed by atoms with Crippen molar-refractivity contribution in [1.29, 1.82) is 0 Å². The van der Waals surface area contributed by atoms with Gasteiger partial charge in [0.15, 0.2) is 6.29 Å². The molecule has 0 radical (unpaired) electrons. The largest absolute Gasteiger partial charge is 0.396 e. The molecule has 26 heavy (non-hydrogen) atoms. The number of hydrogen-bond donors (Lipinski definition) is 8. The smallest absolute Gasteiger partial charge is 0.217 e. The van der Waals surface area contributed by atoms with Crippen molar-refractivity contribution in [3.05, 3.63) is 0 Å². The Labute approximate surface area is 149 Å². The van der Waals surface area contributed by atoms with E-state index >= 15 is 0 Å². The van der Waals surface area contributed by atoms with Crippen LogP contribution in [0.4, 0.5) is 0 Å². The lowest BCUT2D eigenvalue weighted by Crippen LogP contribution is -2.78. The van der Waals surface area contributed by atoms with Gasteiger partial charge in [0.25, 0.3) is 0 Å². The molecule has 2 aliphatic rings. The van der Waals surface area contributed by atoms with Gasteiger partial charge >= 0.3 is 0 Å². The third-order valence-electron chi connectivity index (χ3n) is 5.20. The van der Waals surface area contributed by atoms with Gasteiger partial charge in [0, 0.05) is 12.8 Å². The summed E-state index contributed by atoms with van der Waals surface area (Å²) in [7, 11) is 0. The lowest BCUT2D eigenvalue weighted by molar-refractivity contribution is -0.382. The summed E-state index contributed by atoms with van der Waals surface area (Å²) in [4.78, 5) is 11.4. The van der Waals surface area contributed by atoms with Crippen LogP contribution in [0, 0.1) is 5.92 Å². The van der Waals surface area contributed by atoms with Gasteiger partial charge in [0.05, 0.1) is 25.4 Å². The van der Waals surface area contributed by atoms with E-state index in [4.69, 9.17) is 9.47 Å². The van der Waals surface area contributed by atoms with Gasteiger partial charge in [0.2, 0.25) is 5.91 Å². The molecule has 11 nitrogen and oxygen atoms in total. The third kappa shape index (κ3) is 3.35. The second kappa shape index (κ2) is 8.00. The van der Waals surface area contributed by atoms with Crippen LogP contribution < -0.4 is 5.32 Å². The number of ether oxygens (including phenoxy) is 2.